The van der Waals surface area contributed by atoms with Gasteiger partial charge >= 0.3 is 0 Å². The van der Waals surface area contributed by atoms with Crippen LogP contribution in [0, 0.1) is 0 Å². The second-order valence-electron chi connectivity index (χ2n) is 5.64. The van der Waals surface area contributed by atoms with Crippen molar-refractivity contribution >= 4 is 21.8 Å². The van der Waals surface area contributed by atoms with E-state index < -0.39 is 0 Å². The number of nitrogens with zero attached hydrogens (tertiary/aromatic N) is 1. The summed E-state index contributed by atoms with van der Waals surface area (Å²) in [4.78, 5) is 22.7. The summed E-state index contributed by atoms with van der Waals surface area (Å²) in [6.45, 7) is 0. The lowest BCUT2D eigenvalue weighted by Gasteiger charge is -2.11. The second-order valence-corrected chi connectivity index (χ2v) is 5.64. The van der Waals surface area contributed by atoms with Crippen LogP contribution in [0.25, 0.3) is 21.8 Å². The van der Waals surface area contributed by atoms with Crippen molar-refractivity contribution < 1.29 is 0 Å². The topological polar surface area (TPSA) is 87.6 Å². The molecule has 4 aromatic rings. The molecule has 4 rings (SSSR count). The minimum Gasteiger partial charge on any atom is -0.361 e. The molecule has 0 spiro atoms. The second kappa shape index (κ2) is 5.37. The van der Waals surface area contributed by atoms with Crippen LogP contribution in [-0.2, 0) is 6.42 Å². The van der Waals surface area contributed by atoms with Crippen molar-refractivity contribution in [2.75, 3.05) is 0 Å². The molecule has 0 bridgehead atoms. The fourth-order valence-electron chi connectivity index (χ4n) is 2.91. The highest BCUT2D eigenvalue weighted by Crippen LogP contribution is 2.22. The zero-order valence-corrected chi connectivity index (χ0v) is 12.4. The smallest absolute Gasteiger partial charge is 0.258 e. The Labute approximate surface area is 132 Å². The molecule has 0 radical (unpaired) electrons. The van der Waals surface area contributed by atoms with E-state index in [-0.39, 0.29) is 11.6 Å². The molecule has 2 heterocycles. The van der Waals surface area contributed by atoms with E-state index in [0.29, 0.717) is 23.1 Å². The number of hydrogen-bond acceptors (Lipinski definition) is 3. The lowest BCUT2D eigenvalue weighted by atomic mass is 10.0. The lowest BCUT2D eigenvalue weighted by molar-refractivity contribution is 0.671. The highest BCUT2D eigenvalue weighted by atomic mass is 16.1. The Balaban J connectivity index is 1.72. The van der Waals surface area contributed by atoms with E-state index in [1.54, 1.807) is 6.07 Å². The molecule has 0 unspecified atom stereocenters. The van der Waals surface area contributed by atoms with Crippen LogP contribution in [0.5, 0.6) is 0 Å². The molecule has 2 aromatic carbocycles. The van der Waals surface area contributed by atoms with E-state index >= 15 is 0 Å². The molecule has 0 fully saturated rings. The van der Waals surface area contributed by atoms with E-state index in [4.69, 9.17) is 5.73 Å². The van der Waals surface area contributed by atoms with Crippen molar-refractivity contribution in [3.63, 3.8) is 0 Å². The molecule has 114 valence electrons. The first-order valence-corrected chi connectivity index (χ1v) is 7.52. The van der Waals surface area contributed by atoms with Crippen molar-refractivity contribution in [3.05, 3.63) is 76.5 Å². The predicted octanol–water partition coefficient (Wildman–Crippen LogP) is 2.65. The summed E-state index contributed by atoms with van der Waals surface area (Å²) in [6.07, 6.45) is 2.56. The van der Waals surface area contributed by atoms with Crippen LogP contribution in [0.15, 0.2) is 59.5 Å². The lowest BCUT2D eigenvalue weighted by Crippen LogP contribution is -2.21. The van der Waals surface area contributed by atoms with E-state index in [0.717, 1.165) is 16.5 Å². The van der Waals surface area contributed by atoms with Gasteiger partial charge in [0.25, 0.3) is 5.56 Å². The van der Waals surface area contributed by atoms with Gasteiger partial charge in [-0.3, -0.25) is 4.79 Å². The Kier molecular flexibility index (Phi) is 3.20. The van der Waals surface area contributed by atoms with Crippen LogP contribution in [-0.4, -0.2) is 15.0 Å². The highest BCUT2D eigenvalue weighted by Gasteiger charge is 2.14. The van der Waals surface area contributed by atoms with Gasteiger partial charge < -0.3 is 15.7 Å². The molecule has 5 heteroatoms. The van der Waals surface area contributed by atoms with Gasteiger partial charge in [0, 0.05) is 17.1 Å². The zero-order chi connectivity index (χ0) is 15.8. The largest absolute Gasteiger partial charge is 0.361 e. The standard InChI is InChI=1S/C18H16N4O/c19-14(9-11-10-20-15-7-3-1-5-12(11)15)17-21-16-8-4-2-6-13(16)18(23)22-17/h1-8,10,14,20H,9,19H2,(H,21,22,23)/t14-/m0/s1. The highest BCUT2D eigenvalue weighted by molar-refractivity contribution is 5.83. The molecule has 0 aliphatic carbocycles. The average Bonchev–Trinajstić information content (AvgIpc) is 2.98. The van der Waals surface area contributed by atoms with Gasteiger partial charge in [-0.05, 0) is 30.2 Å². The molecule has 4 N–H and O–H groups in total. The molecule has 0 amide bonds. The van der Waals surface area contributed by atoms with Gasteiger partial charge in [0.2, 0.25) is 0 Å². The number of aromatic nitrogens is 3. The molecule has 5 nitrogen and oxygen atoms in total. The Bertz CT molecular complexity index is 1050. The van der Waals surface area contributed by atoms with Crippen LogP contribution < -0.4 is 11.3 Å². The third kappa shape index (κ3) is 2.41. The van der Waals surface area contributed by atoms with E-state index in [1.807, 2.05) is 42.6 Å². The minimum atomic E-state index is -0.369. The summed E-state index contributed by atoms with van der Waals surface area (Å²) in [5.74, 6) is 0.513. The van der Waals surface area contributed by atoms with Gasteiger partial charge in [-0.25, -0.2) is 4.98 Å². The third-order valence-electron chi connectivity index (χ3n) is 4.10. The maximum absolute atomic E-state index is 12.2. The predicted molar refractivity (Wildman–Crippen MR) is 91.3 cm³/mol. The van der Waals surface area contributed by atoms with Gasteiger partial charge in [-0.1, -0.05) is 30.3 Å². The summed E-state index contributed by atoms with van der Waals surface area (Å²) < 4.78 is 0. The molecule has 2 aromatic heterocycles. The minimum absolute atomic E-state index is 0.153. The number of H-pyrrole nitrogens is 2. The Hall–Kier alpha value is -2.92. The van der Waals surface area contributed by atoms with Crippen LogP contribution in [0.4, 0.5) is 0 Å². The van der Waals surface area contributed by atoms with E-state index in [2.05, 4.69) is 21.0 Å². The van der Waals surface area contributed by atoms with Gasteiger partial charge in [-0.2, -0.15) is 0 Å². The number of nitrogens with two attached hydrogens (primary N) is 1. The third-order valence-corrected chi connectivity index (χ3v) is 4.10. The normalized spacial score (nSPS) is 12.7. The average molecular weight is 304 g/mol. The number of benzene rings is 2. The molecule has 0 saturated heterocycles. The van der Waals surface area contributed by atoms with Crippen molar-refractivity contribution in [1.29, 1.82) is 0 Å². The summed E-state index contributed by atoms with van der Waals surface area (Å²) in [6, 6.07) is 15.0. The maximum Gasteiger partial charge on any atom is 0.258 e. The number of fused-ring (bicyclic) bond motifs is 2. The number of hydrogen-bond donors (Lipinski definition) is 3. The van der Waals surface area contributed by atoms with E-state index in [9.17, 15) is 4.79 Å². The first-order valence-electron chi connectivity index (χ1n) is 7.52. The van der Waals surface area contributed by atoms with Crippen molar-refractivity contribution in [3.8, 4) is 0 Å². The maximum atomic E-state index is 12.2. The van der Waals surface area contributed by atoms with Crippen molar-refractivity contribution in [2.45, 2.75) is 12.5 Å². The van der Waals surface area contributed by atoms with Gasteiger partial charge in [0.15, 0.2) is 0 Å². The first kappa shape index (κ1) is 13.7. The number of para-hydroxylation sites is 2. The summed E-state index contributed by atoms with van der Waals surface area (Å²) in [5.41, 5.74) is 9.00. The van der Waals surface area contributed by atoms with Crippen LogP contribution in [0.1, 0.15) is 17.4 Å². The number of rotatable bonds is 3. The SMILES string of the molecule is N[C@@H](Cc1c[nH]c2ccccc12)c1nc2ccccc2c(=O)[nH]1. The fraction of sp³-hybridized carbons (Fsp3) is 0.111. The molecule has 0 saturated carbocycles. The number of nitrogens with one attached hydrogen (secondary N) is 2. The van der Waals surface area contributed by atoms with Crippen LogP contribution in [0.3, 0.4) is 0 Å². The molecular weight excluding hydrogens is 288 g/mol. The first-order chi connectivity index (χ1) is 11.2. The quantitative estimate of drug-likeness (QED) is 0.543. The zero-order valence-electron chi connectivity index (χ0n) is 12.4. The Morgan fingerprint density at radius 2 is 1.78 bits per heavy atom. The Morgan fingerprint density at radius 3 is 2.65 bits per heavy atom. The molecule has 23 heavy (non-hydrogen) atoms. The van der Waals surface area contributed by atoms with Gasteiger partial charge in [0.05, 0.1) is 16.9 Å². The molecule has 0 aliphatic rings. The summed E-state index contributed by atoms with van der Waals surface area (Å²) in [7, 11) is 0. The van der Waals surface area contributed by atoms with Gasteiger partial charge in [-0.15, -0.1) is 0 Å². The molecular formula is C18H16N4O. The van der Waals surface area contributed by atoms with Crippen molar-refractivity contribution in [1.82, 2.24) is 15.0 Å². The van der Waals surface area contributed by atoms with E-state index in [1.165, 1.54) is 0 Å². The van der Waals surface area contributed by atoms with Crippen molar-refractivity contribution in [2.24, 2.45) is 5.73 Å². The summed E-state index contributed by atoms with van der Waals surface area (Å²) in [5, 5.41) is 1.72. The molecule has 1 atom stereocenters. The number of aromatic amines is 2. The van der Waals surface area contributed by atoms with Crippen LogP contribution in [0.2, 0.25) is 0 Å². The van der Waals surface area contributed by atoms with Gasteiger partial charge in [0.1, 0.15) is 5.82 Å². The monoisotopic (exact) mass is 304 g/mol. The summed E-state index contributed by atoms with van der Waals surface area (Å²) >= 11 is 0. The van der Waals surface area contributed by atoms with Crippen LogP contribution >= 0.6 is 0 Å². The Morgan fingerprint density at radius 1 is 1.04 bits per heavy atom. The molecule has 0 aliphatic heterocycles. The fourth-order valence-corrected chi connectivity index (χ4v) is 2.91.